The van der Waals surface area contributed by atoms with Crippen molar-refractivity contribution in [3.05, 3.63) is 70.8 Å². The van der Waals surface area contributed by atoms with Crippen LogP contribution >= 0.6 is 0 Å². The van der Waals surface area contributed by atoms with Gasteiger partial charge >= 0.3 is 0 Å². The summed E-state index contributed by atoms with van der Waals surface area (Å²) in [6, 6.07) is 16.0. The molecule has 0 aliphatic heterocycles. The van der Waals surface area contributed by atoms with Crippen molar-refractivity contribution in [3.8, 4) is 5.69 Å². The van der Waals surface area contributed by atoms with Gasteiger partial charge in [0.25, 0.3) is 5.56 Å². The Morgan fingerprint density at radius 1 is 0.931 bits per heavy atom. The molecule has 0 amide bonds. The summed E-state index contributed by atoms with van der Waals surface area (Å²) in [7, 11) is 0. The van der Waals surface area contributed by atoms with Crippen LogP contribution in [0.1, 0.15) is 25.8 Å². The summed E-state index contributed by atoms with van der Waals surface area (Å²) >= 11 is 0. The van der Waals surface area contributed by atoms with Crippen molar-refractivity contribution in [3.63, 3.8) is 0 Å². The van der Waals surface area contributed by atoms with E-state index in [1.54, 1.807) is 10.9 Å². The van der Waals surface area contributed by atoms with Crippen molar-refractivity contribution in [2.75, 3.05) is 0 Å². The molecule has 0 aliphatic rings. The molecule has 5 rings (SSSR count). The zero-order chi connectivity index (χ0) is 20.0. The minimum atomic E-state index is -0.0724. The van der Waals surface area contributed by atoms with Crippen LogP contribution in [-0.4, -0.2) is 24.1 Å². The Kier molecular flexibility index (Phi) is 4.12. The van der Waals surface area contributed by atoms with Gasteiger partial charge in [-0.25, -0.2) is 15.0 Å². The number of aromatic nitrogens is 5. The van der Waals surface area contributed by atoms with E-state index >= 15 is 0 Å². The van der Waals surface area contributed by atoms with Gasteiger partial charge in [0.2, 0.25) is 0 Å². The van der Waals surface area contributed by atoms with Crippen LogP contribution < -0.4 is 5.56 Å². The van der Waals surface area contributed by atoms with Crippen molar-refractivity contribution in [2.24, 2.45) is 0 Å². The van der Waals surface area contributed by atoms with Gasteiger partial charge in [0, 0.05) is 12.2 Å². The molecule has 3 aromatic heterocycles. The molecule has 0 radical (unpaired) electrons. The lowest BCUT2D eigenvalue weighted by Crippen LogP contribution is -2.20. The van der Waals surface area contributed by atoms with E-state index in [1.807, 2.05) is 47.9 Å². The summed E-state index contributed by atoms with van der Waals surface area (Å²) in [5.41, 5.74) is 5.50. The van der Waals surface area contributed by atoms with Gasteiger partial charge in [0.05, 0.1) is 17.4 Å². The van der Waals surface area contributed by atoms with Crippen LogP contribution in [0, 0.1) is 0 Å². The molecule has 6 heteroatoms. The van der Waals surface area contributed by atoms with E-state index in [-0.39, 0.29) is 5.56 Å². The average molecular weight is 383 g/mol. The molecular weight excluding hydrogens is 362 g/mol. The van der Waals surface area contributed by atoms with Crippen molar-refractivity contribution >= 4 is 33.2 Å². The molecule has 6 nitrogen and oxygen atoms in total. The molecular formula is C23H21N5O. The monoisotopic (exact) mass is 383 g/mol. The Morgan fingerprint density at radius 2 is 1.72 bits per heavy atom. The summed E-state index contributed by atoms with van der Waals surface area (Å²) in [5.74, 6) is 0. The molecule has 0 fully saturated rings. The van der Waals surface area contributed by atoms with Crippen LogP contribution in [0.3, 0.4) is 0 Å². The molecule has 0 saturated heterocycles. The minimum absolute atomic E-state index is 0.0724. The first-order chi connectivity index (χ1) is 14.2. The minimum Gasteiger partial charge on any atom is -0.299 e. The highest BCUT2D eigenvalue weighted by Crippen LogP contribution is 2.28. The second kappa shape index (κ2) is 6.81. The Hall–Kier alpha value is -3.54. The average Bonchev–Trinajstić information content (AvgIpc) is 3.08. The van der Waals surface area contributed by atoms with E-state index < -0.39 is 0 Å². The highest BCUT2D eigenvalue weighted by Gasteiger charge is 2.20. The van der Waals surface area contributed by atoms with Crippen molar-refractivity contribution < 1.29 is 0 Å². The van der Waals surface area contributed by atoms with Crippen molar-refractivity contribution in [2.45, 2.75) is 33.2 Å². The number of fused-ring (bicyclic) bond motifs is 4. The van der Waals surface area contributed by atoms with Gasteiger partial charge in [-0.2, -0.15) is 0 Å². The maximum Gasteiger partial charge on any atom is 0.265 e. The fraction of sp³-hybridized carbons (Fsp3) is 0.217. The van der Waals surface area contributed by atoms with Crippen LogP contribution in [0.15, 0.2) is 59.7 Å². The van der Waals surface area contributed by atoms with Gasteiger partial charge in [-0.15, -0.1) is 0 Å². The predicted molar refractivity (Wildman–Crippen MR) is 116 cm³/mol. The molecule has 144 valence electrons. The Morgan fingerprint density at radius 3 is 2.48 bits per heavy atom. The second-order valence-electron chi connectivity index (χ2n) is 7.19. The molecule has 29 heavy (non-hydrogen) atoms. The smallest absolute Gasteiger partial charge is 0.265 e. The topological polar surface area (TPSA) is 65.6 Å². The summed E-state index contributed by atoms with van der Waals surface area (Å²) in [6.45, 7) is 4.80. The molecule has 0 unspecified atom stereocenters. The van der Waals surface area contributed by atoms with Gasteiger partial charge in [-0.05, 0) is 42.7 Å². The third-order valence-corrected chi connectivity index (χ3v) is 5.27. The number of nitrogens with zero attached hydrogens (tertiary/aromatic N) is 5. The fourth-order valence-corrected chi connectivity index (χ4v) is 3.83. The van der Waals surface area contributed by atoms with Crippen molar-refractivity contribution in [1.29, 1.82) is 0 Å². The molecule has 0 aliphatic carbocycles. The summed E-state index contributed by atoms with van der Waals surface area (Å²) in [6.07, 6.45) is 3.42. The molecule has 0 atom stereocenters. The first-order valence-electron chi connectivity index (χ1n) is 9.97. The third kappa shape index (κ3) is 2.71. The van der Waals surface area contributed by atoms with Gasteiger partial charge in [0.1, 0.15) is 10.9 Å². The lowest BCUT2D eigenvalue weighted by Gasteiger charge is -2.08. The van der Waals surface area contributed by atoms with E-state index in [9.17, 15) is 4.79 Å². The maximum atomic E-state index is 13.3. The van der Waals surface area contributed by atoms with Gasteiger partial charge in [-0.1, -0.05) is 38.1 Å². The number of aryl methyl sites for hydroxylation is 2. The van der Waals surface area contributed by atoms with E-state index in [2.05, 4.69) is 24.0 Å². The third-order valence-electron chi connectivity index (χ3n) is 5.27. The fourth-order valence-electron chi connectivity index (χ4n) is 3.83. The SMILES string of the molecule is CCCn1cnc2c(c1=O)c1nc3ccccc3nc1n2-c1cccc(CC)c1. The van der Waals surface area contributed by atoms with Crippen LogP contribution in [-0.2, 0) is 13.0 Å². The zero-order valence-corrected chi connectivity index (χ0v) is 16.5. The molecule has 0 N–H and O–H groups in total. The van der Waals surface area contributed by atoms with E-state index in [0.717, 1.165) is 29.6 Å². The van der Waals surface area contributed by atoms with Gasteiger partial charge in [0.15, 0.2) is 11.3 Å². The quantitative estimate of drug-likeness (QED) is 0.465. The largest absolute Gasteiger partial charge is 0.299 e. The van der Waals surface area contributed by atoms with Crippen LogP contribution in [0.4, 0.5) is 0 Å². The number of hydrogen-bond acceptors (Lipinski definition) is 4. The molecule has 0 spiro atoms. The van der Waals surface area contributed by atoms with Crippen LogP contribution in [0.25, 0.3) is 38.9 Å². The molecule has 3 heterocycles. The molecule has 0 saturated carbocycles. The van der Waals surface area contributed by atoms with Crippen molar-refractivity contribution in [1.82, 2.24) is 24.1 Å². The van der Waals surface area contributed by atoms with Crippen LogP contribution in [0.5, 0.6) is 0 Å². The zero-order valence-electron chi connectivity index (χ0n) is 16.5. The van der Waals surface area contributed by atoms with E-state index in [4.69, 9.17) is 9.97 Å². The Labute approximate surface area is 167 Å². The Balaban J connectivity index is 1.97. The Bertz CT molecular complexity index is 1430. The molecule has 5 aromatic rings. The highest BCUT2D eigenvalue weighted by molar-refractivity contribution is 6.05. The number of hydrogen-bond donors (Lipinski definition) is 0. The maximum absolute atomic E-state index is 13.3. The standard InChI is InChI=1S/C23H21N5O/c1-3-12-27-14-24-21-19(23(27)29)20-22(26-18-11-6-5-10-17(18)25-20)28(21)16-9-7-8-15(4-2)13-16/h5-11,13-14H,3-4,12H2,1-2H3. The summed E-state index contributed by atoms with van der Waals surface area (Å²) in [5, 5.41) is 0.524. The second-order valence-corrected chi connectivity index (χ2v) is 7.19. The highest BCUT2D eigenvalue weighted by atomic mass is 16.1. The summed E-state index contributed by atoms with van der Waals surface area (Å²) in [4.78, 5) is 27.6. The number of benzene rings is 2. The molecule has 2 aromatic carbocycles. The number of rotatable bonds is 4. The number of para-hydroxylation sites is 2. The lowest BCUT2D eigenvalue weighted by molar-refractivity contribution is 0.647. The first-order valence-corrected chi connectivity index (χ1v) is 9.97. The predicted octanol–water partition coefficient (Wildman–Crippen LogP) is 4.26. The summed E-state index contributed by atoms with van der Waals surface area (Å²) < 4.78 is 3.62. The first kappa shape index (κ1) is 17.6. The lowest BCUT2D eigenvalue weighted by atomic mass is 10.1. The van der Waals surface area contributed by atoms with E-state index in [1.165, 1.54) is 5.56 Å². The normalized spacial score (nSPS) is 11.7. The van der Waals surface area contributed by atoms with Gasteiger partial charge in [-0.3, -0.25) is 13.9 Å². The molecule has 0 bridgehead atoms. The van der Waals surface area contributed by atoms with Gasteiger partial charge < -0.3 is 0 Å². The van der Waals surface area contributed by atoms with E-state index in [0.29, 0.717) is 28.7 Å². The van der Waals surface area contributed by atoms with Crippen LogP contribution in [0.2, 0.25) is 0 Å².